The van der Waals surface area contributed by atoms with Gasteiger partial charge >= 0.3 is 5.97 Å². The topological polar surface area (TPSA) is 84.9 Å². The molecule has 136 valence electrons. The molecular formula is C20H21NO5. The number of rotatable bonds is 6. The van der Waals surface area contributed by atoms with Crippen LogP contribution in [-0.4, -0.2) is 36.7 Å². The van der Waals surface area contributed by atoms with E-state index >= 15 is 0 Å². The first-order chi connectivity index (χ1) is 12.6. The third-order valence-electron chi connectivity index (χ3n) is 4.70. The van der Waals surface area contributed by atoms with E-state index in [1.807, 2.05) is 6.07 Å². The molecule has 26 heavy (non-hydrogen) atoms. The predicted molar refractivity (Wildman–Crippen MR) is 95.8 cm³/mol. The summed E-state index contributed by atoms with van der Waals surface area (Å²) in [6.45, 7) is 2.58. The number of hydrogen-bond acceptors (Lipinski definition) is 4. The molecule has 6 nitrogen and oxygen atoms in total. The number of amides is 1. The van der Waals surface area contributed by atoms with E-state index in [0.717, 1.165) is 0 Å². The Morgan fingerprint density at radius 1 is 1.08 bits per heavy atom. The second-order valence-electron chi connectivity index (χ2n) is 6.12. The number of nitrogens with one attached hydrogen (secondary N) is 1. The third-order valence-corrected chi connectivity index (χ3v) is 4.70. The molecule has 0 fully saturated rings. The third kappa shape index (κ3) is 3.22. The van der Waals surface area contributed by atoms with Crippen LogP contribution in [0.3, 0.4) is 0 Å². The number of carboxylic acid groups (broad SMARTS) is 1. The Kier molecular flexibility index (Phi) is 5.11. The maximum atomic E-state index is 12.7. The zero-order valence-electron chi connectivity index (χ0n) is 14.5. The van der Waals surface area contributed by atoms with Crippen molar-refractivity contribution >= 4 is 11.9 Å². The zero-order valence-corrected chi connectivity index (χ0v) is 14.5. The number of para-hydroxylation sites is 1. The van der Waals surface area contributed by atoms with Crippen molar-refractivity contribution in [1.29, 1.82) is 0 Å². The van der Waals surface area contributed by atoms with E-state index in [2.05, 4.69) is 5.32 Å². The van der Waals surface area contributed by atoms with Crippen molar-refractivity contribution in [2.24, 2.45) is 0 Å². The van der Waals surface area contributed by atoms with E-state index in [-0.39, 0.29) is 12.5 Å². The van der Waals surface area contributed by atoms with Gasteiger partial charge in [0, 0.05) is 6.54 Å². The summed E-state index contributed by atoms with van der Waals surface area (Å²) in [6, 6.07) is 14.0. The maximum Gasteiger partial charge on any atom is 0.315 e. The Hall–Kier alpha value is -3.02. The SMILES string of the molecule is CCC(CNC(=O)c1cccc2c1OCCO2)(C(=O)O)c1ccccc1. The maximum absolute atomic E-state index is 12.7. The van der Waals surface area contributed by atoms with E-state index < -0.39 is 11.4 Å². The summed E-state index contributed by atoms with van der Waals surface area (Å²) >= 11 is 0. The van der Waals surface area contributed by atoms with Gasteiger partial charge in [-0.3, -0.25) is 9.59 Å². The summed E-state index contributed by atoms with van der Waals surface area (Å²) < 4.78 is 11.1. The number of ether oxygens (including phenoxy) is 2. The van der Waals surface area contributed by atoms with Gasteiger partial charge in [0.05, 0.1) is 5.56 Å². The van der Waals surface area contributed by atoms with Crippen LogP contribution < -0.4 is 14.8 Å². The molecule has 1 aliphatic heterocycles. The molecule has 0 radical (unpaired) electrons. The normalized spacial score (nSPS) is 15.0. The summed E-state index contributed by atoms with van der Waals surface area (Å²) in [4.78, 5) is 24.7. The lowest BCUT2D eigenvalue weighted by molar-refractivity contribution is -0.143. The van der Waals surface area contributed by atoms with Crippen LogP contribution in [0.2, 0.25) is 0 Å². The molecule has 0 spiro atoms. The fourth-order valence-electron chi connectivity index (χ4n) is 3.12. The van der Waals surface area contributed by atoms with Crippen molar-refractivity contribution in [3.05, 3.63) is 59.7 Å². The quantitative estimate of drug-likeness (QED) is 0.832. The number of fused-ring (bicyclic) bond motifs is 1. The Morgan fingerprint density at radius 3 is 2.50 bits per heavy atom. The van der Waals surface area contributed by atoms with Gasteiger partial charge in [0.1, 0.15) is 18.6 Å². The molecule has 2 aromatic carbocycles. The lowest BCUT2D eigenvalue weighted by atomic mass is 9.78. The Morgan fingerprint density at radius 2 is 1.81 bits per heavy atom. The molecule has 1 unspecified atom stereocenters. The molecule has 2 N–H and O–H groups in total. The molecule has 1 amide bonds. The predicted octanol–water partition coefficient (Wildman–Crippen LogP) is 2.62. The Balaban J connectivity index is 1.84. The van der Waals surface area contributed by atoms with Gasteiger partial charge in [-0.05, 0) is 24.1 Å². The summed E-state index contributed by atoms with van der Waals surface area (Å²) in [5, 5.41) is 12.6. The van der Waals surface area contributed by atoms with Gasteiger partial charge in [0.25, 0.3) is 5.91 Å². The standard InChI is InChI=1S/C20H21NO5/c1-2-20(19(23)24,14-7-4-3-5-8-14)13-21-18(22)15-9-6-10-16-17(15)26-12-11-25-16/h3-10H,2,11-13H2,1H3,(H,21,22)(H,23,24). The highest BCUT2D eigenvalue weighted by molar-refractivity contribution is 5.98. The molecule has 0 saturated heterocycles. The number of carboxylic acids is 1. The molecule has 0 bridgehead atoms. The molecule has 0 aromatic heterocycles. The Bertz CT molecular complexity index is 805. The molecular weight excluding hydrogens is 334 g/mol. The second kappa shape index (κ2) is 7.47. The van der Waals surface area contributed by atoms with Crippen molar-refractivity contribution in [3.63, 3.8) is 0 Å². The lowest BCUT2D eigenvalue weighted by Gasteiger charge is -2.29. The summed E-state index contributed by atoms with van der Waals surface area (Å²) in [5.74, 6) is -0.441. The number of carbonyl (C=O) groups is 2. The van der Waals surface area contributed by atoms with Crippen molar-refractivity contribution in [1.82, 2.24) is 5.32 Å². The van der Waals surface area contributed by atoms with Crippen LogP contribution >= 0.6 is 0 Å². The molecule has 3 rings (SSSR count). The van der Waals surface area contributed by atoms with E-state index in [9.17, 15) is 14.7 Å². The summed E-state index contributed by atoms with van der Waals surface area (Å²) in [6.07, 6.45) is 0.346. The fraction of sp³-hybridized carbons (Fsp3) is 0.300. The van der Waals surface area contributed by atoms with Crippen LogP contribution in [0.25, 0.3) is 0 Å². The molecule has 1 heterocycles. The van der Waals surface area contributed by atoms with Crippen LogP contribution in [0.1, 0.15) is 29.3 Å². The first-order valence-electron chi connectivity index (χ1n) is 8.54. The van der Waals surface area contributed by atoms with Crippen LogP contribution in [0.5, 0.6) is 11.5 Å². The number of carbonyl (C=O) groups excluding carboxylic acids is 1. The largest absolute Gasteiger partial charge is 0.486 e. The minimum atomic E-state index is -1.19. The molecule has 1 atom stereocenters. The molecule has 0 aliphatic carbocycles. The summed E-state index contributed by atoms with van der Waals surface area (Å²) in [5.41, 5.74) is -0.195. The van der Waals surface area contributed by atoms with Crippen molar-refractivity contribution in [2.75, 3.05) is 19.8 Å². The van der Waals surface area contributed by atoms with Crippen molar-refractivity contribution in [3.8, 4) is 11.5 Å². The first-order valence-corrected chi connectivity index (χ1v) is 8.54. The first kappa shape index (κ1) is 17.8. The monoisotopic (exact) mass is 355 g/mol. The average molecular weight is 355 g/mol. The minimum absolute atomic E-state index is 0.0216. The van der Waals surface area contributed by atoms with E-state index in [0.29, 0.717) is 42.3 Å². The van der Waals surface area contributed by atoms with Crippen molar-refractivity contribution in [2.45, 2.75) is 18.8 Å². The number of hydrogen-bond donors (Lipinski definition) is 2. The van der Waals surface area contributed by atoms with Crippen LogP contribution in [0.4, 0.5) is 0 Å². The Labute approximate surface area is 151 Å². The zero-order chi connectivity index (χ0) is 18.6. The highest BCUT2D eigenvalue weighted by Crippen LogP contribution is 2.34. The van der Waals surface area contributed by atoms with Gasteiger partial charge < -0.3 is 19.9 Å². The summed E-state index contributed by atoms with van der Waals surface area (Å²) in [7, 11) is 0. The minimum Gasteiger partial charge on any atom is -0.486 e. The lowest BCUT2D eigenvalue weighted by Crippen LogP contribution is -2.46. The van der Waals surface area contributed by atoms with Crippen LogP contribution in [0.15, 0.2) is 48.5 Å². The van der Waals surface area contributed by atoms with Crippen LogP contribution in [0, 0.1) is 0 Å². The van der Waals surface area contributed by atoms with E-state index in [4.69, 9.17) is 9.47 Å². The van der Waals surface area contributed by atoms with Gasteiger partial charge in [-0.1, -0.05) is 43.3 Å². The molecule has 1 aliphatic rings. The van der Waals surface area contributed by atoms with E-state index in [1.165, 1.54) is 0 Å². The highest BCUT2D eigenvalue weighted by atomic mass is 16.6. The molecule has 0 saturated carbocycles. The number of aliphatic carboxylic acids is 1. The van der Waals surface area contributed by atoms with Crippen LogP contribution in [-0.2, 0) is 10.2 Å². The number of benzene rings is 2. The van der Waals surface area contributed by atoms with Gasteiger partial charge in [-0.15, -0.1) is 0 Å². The molecule has 2 aromatic rings. The highest BCUT2D eigenvalue weighted by Gasteiger charge is 2.39. The molecule has 6 heteroatoms. The average Bonchev–Trinajstić information content (AvgIpc) is 2.68. The second-order valence-corrected chi connectivity index (χ2v) is 6.12. The van der Waals surface area contributed by atoms with Gasteiger partial charge in [0.2, 0.25) is 0 Å². The van der Waals surface area contributed by atoms with Crippen molar-refractivity contribution < 1.29 is 24.2 Å². The van der Waals surface area contributed by atoms with Gasteiger partial charge in [-0.2, -0.15) is 0 Å². The van der Waals surface area contributed by atoms with Gasteiger partial charge in [-0.25, -0.2) is 0 Å². The van der Waals surface area contributed by atoms with Gasteiger partial charge in [0.15, 0.2) is 11.5 Å². The fourth-order valence-corrected chi connectivity index (χ4v) is 3.12. The smallest absolute Gasteiger partial charge is 0.315 e. The van der Waals surface area contributed by atoms with E-state index in [1.54, 1.807) is 49.4 Å².